The topological polar surface area (TPSA) is 97.5 Å². The second kappa shape index (κ2) is 7.80. The van der Waals surface area contributed by atoms with Gasteiger partial charge in [0, 0.05) is 30.6 Å². The number of halogens is 1. The number of hydrogen-bond donors (Lipinski definition) is 2. The predicted molar refractivity (Wildman–Crippen MR) is 112 cm³/mol. The van der Waals surface area contributed by atoms with Gasteiger partial charge in [-0.3, -0.25) is 14.4 Å². The van der Waals surface area contributed by atoms with Crippen LogP contribution < -0.4 is 20.3 Å². The van der Waals surface area contributed by atoms with Gasteiger partial charge in [-0.1, -0.05) is 25.4 Å². The standard InChI is InChI=1S/C22H23ClN2O5/c1-22(2)9-16-13(17(26)10-22)8-14(21(28)25-16)20(27)24-11-12-6-15(23)19-18(7-12)29-4-3-5-30-19/h6-8H,3-5,9-11H2,1-2H3,(H,24,27)(H,25,28). The minimum atomic E-state index is -0.556. The van der Waals surface area contributed by atoms with Crippen LogP contribution in [-0.2, 0) is 13.0 Å². The molecule has 0 spiro atoms. The molecule has 0 bridgehead atoms. The summed E-state index contributed by atoms with van der Waals surface area (Å²) < 4.78 is 11.3. The van der Waals surface area contributed by atoms with E-state index in [9.17, 15) is 14.4 Å². The first kappa shape index (κ1) is 20.5. The van der Waals surface area contributed by atoms with Crippen molar-refractivity contribution in [2.24, 2.45) is 5.41 Å². The number of hydrogen-bond acceptors (Lipinski definition) is 5. The molecule has 0 atom stereocenters. The molecule has 7 nitrogen and oxygen atoms in total. The van der Waals surface area contributed by atoms with Crippen molar-refractivity contribution in [1.82, 2.24) is 10.3 Å². The fraction of sp³-hybridized carbons (Fsp3) is 0.409. The number of pyridine rings is 1. The second-order valence-electron chi connectivity index (χ2n) is 8.48. The molecule has 0 radical (unpaired) electrons. The Balaban J connectivity index is 1.54. The van der Waals surface area contributed by atoms with Crippen LogP contribution in [0.3, 0.4) is 0 Å². The zero-order valence-electron chi connectivity index (χ0n) is 16.9. The zero-order chi connectivity index (χ0) is 21.5. The third kappa shape index (κ3) is 4.07. The van der Waals surface area contributed by atoms with Crippen LogP contribution in [0.25, 0.3) is 0 Å². The van der Waals surface area contributed by atoms with E-state index in [-0.39, 0.29) is 23.3 Å². The molecule has 2 aliphatic rings. The highest BCUT2D eigenvalue weighted by molar-refractivity contribution is 6.32. The van der Waals surface area contributed by atoms with Crippen LogP contribution in [0.15, 0.2) is 23.0 Å². The van der Waals surface area contributed by atoms with Crippen molar-refractivity contribution in [2.75, 3.05) is 13.2 Å². The number of benzene rings is 1. The fourth-order valence-electron chi connectivity index (χ4n) is 3.86. The monoisotopic (exact) mass is 430 g/mol. The molecular weight excluding hydrogens is 408 g/mol. The van der Waals surface area contributed by atoms with Crippen LogP contribution in [0, 0.1) is 5.41 Å². The molecule has 1 aliphatic carbocycles. The van der Waals surface area contributed by atoms with Crippen LogP contribution in [0.1, 0.15) is 58.7 Å². The number of aromatic nitrogens is 1. The molecule has 0 unspecified atom stereocenters. The zero-order valence-corrected chi connectivity index (χ0v) is 17.6. The van der Waals surface area contributed by atoms with Gasteiger partial charge in [0.1, 0.15) is 5.56 Å². The summed E-state index contributed by atoms with van der Waals surface area (Å²) in [5, 5.41) is 3.12. The highest BCUT2D eigenvalue weighted by Crippen LogP contribution is 2.38. The molecule has 30 heavy (non-hydrogen) atoms. The number of ketones is 1. The lowest BCUT2D eigenvalue weighted by molar-refractivity contribution is 0.0910. The molecule has 1 amide bonds. The summed E-state index contributed by atoms with van der Waals surface area (Å²) in [6.07, 6.45) is 1.72. The quantitative estimate of drug-likeness (QED) is 0.778. The molecule has 2 heterocycles. The molecule has 158 valence electrons. The average molecular weight is 431 g/mol. The highest BCUT2D eigenvalue weighted by atomic mass is 35.5. The summed E-state index contributed by atoms with van der Waals surface area (Å²) in [4.78, 5) is 40.3. The van der Waals surface area contributed by atoms with E-state index in [1.54, 1.807) is 12.1 Å². The smallest absolute Gasteiger partial charge is 0.261 e. The highest BCUT2D eigenvalue weighted by Gasteiger charge is 2.32. The predicted octanol–water partition coefficient (Wildman–Crippen LogP) is 3.27. The van der Waals surface area contributed by atoms with Gasteiger partial charge in [0.2, 0.25) is 0 Å². The number of amides is 1. The van der Waals surface area contributed by atoms with Crippen LogP contribution in [0.2, 0.25) is 5.02 Å². The Hall–Kier alpha value is -2.80. The Morgan fingerprint density at radius 2 is 1.93 bits per heavy atom. The Morgan fingerprint density at radius 1 is 1.17 bits per heavy atom. The Kier molecular flexibility index (Phi) is 5.32. The number of ether oxygens (including phenoxy) is 2. The van der Waals surface area contributed by atoms with Crippen molar-refractivity contribution in [3.8, 4) is 11.5 Å². The van der Waals surface area contributed by atoms with Crippen molar-refractivity contribution in [2.45, 2.75) is 39.7 Å². The molecule has 1 aromatic carbocycles. The maximum Gasteiger partial charge on any atom is 0.261 e. The number of Topliss-reactive ketones (excluding diaryl/α,β-unsaturated/α-hetero) is 1. The van der Waals surface area contributed by atoms with E-state index < -0.39 is 11.5 Å². The van der Waals surface area contributed by atoms with Crippen molar-refractivity contribution in [3.63, 3.8) is 0 Å². The Morgan fingerprint density at radius 3 is 2.73 bits per heavy atom. The summed E-state index contributed by atoms with van der Waals surface area (Å²) in [5.74, 6) is 0.405. The molecule has 2 N–H and O–H groups in total. The first-order chi connectivity index (χ1) is 14.2. The van der Waals surface area contributed by atoms with Gasteiger partial charge in [0.15, 0.2) is 17.3 Å². The van der Waals surface area contributed by atoms with Gasteiger partial charge in [0.05, 0.1) is 18.2 Å². The number of nitrogens with one attached hydrogen (secondary N) is 2. The molecule has 0 saturated heterocycles. The minimum Gasteiger partial charge on any atom is -0.489 e. The lowest BCUT2D eigenvalue weighted by Crippen LogP contribution is -2.34. The van der Waals surface area contributed by atoms with Crippen molar-refractivity contribution in [1.29, 1.82) is 0 Å². The molecule has 1 aromatic heterocycles. The fourth-order valence-corrected chi connectivity index (χ4v) is 4.15. The Bertz CT molecular complexity index is 1090. The van der Waals surface area contributed by atoms with Crippen LogP contribution >= 0.6 is 11.6 Å². The number of rotatable bonds is 3. The van der Waals surface area contributed by atoms with Crippen LogP contribution in [0.5, 0.6) is 11.5 Å². The SMILES string of the molecule is CC1(C)CC(=O)c2cc(C(=O)NCc3cc(Cl)c4c(c3)OCCCO4)c(=O)[nH]c2C1. The van der Waals surface area contributed by atoms with E-state index >= 15 is 0 Å². The Labute approximate surface area is 178 Å². The van der Waals surface area contributed by atoms with Gasteiger partial charge in [-0.15, -0.1) is 0 Å². The van der Waals surface area contributed by atoms with Gasteiger partial charge < -0.3 is 19.8 Å². The van der Waals surface area contributed by atoms with E-state index in [0.29, 0.717) is 59.4 Å². The van der Waals surface area contributed by atoms with E-state index in [4.69, 9.17) is 21.1 Å². The van der Waals surface area contributed by atoms with Crippen molar-refractivity contribution >= 4 is 23.3 Å². The maximum absolute atomic E-state index is 12.7. The summed E-state index contributed by atoms with van der Waals surface area (Å²) in [5.41, 5.74) is 0.915. The number of carbonyl (C=O) groups is 2. The van der Waals surface area contributed by atoms with E-state index in [1.165, 1.54) is 6.07 Å². The van der Waals surface area contributed by atoms with Crippen LogP contribution in [-0.4, -0.2) is 29.9 Å². The summed E-state index contributed by atoms with van der Waals surface area (Å²) >= 11 is 6.29. The van der Waals surface area contributed by atoms with E-state index in [2.05, 4.69) is 10.3 Å². The number of fused-ring (bicyclic) bond motifs is 2. The van der Waals surface area contributed by atoms with Gasteiger partial charge in [0.25, 0.3) is 11.5 Å². The van der Waals surface area contributed by atoms with E-state index in [0.717, 1.165) is 6.42 Å². The first-order valence-electron chi connectivity index (χ1n) is 9.89. The summed E-state index contributed by atoms with van der Waals surface area (Å²) in [7, 11) is 0. The lowest BCUT2D eigenvalue weighted by atomic mass is 9.75. The molecule has 0 fully saturated rings. The van der Waals surface area contributed by atoms with Gasteiger partial charge >= 0.3 is 0 Å². The largest absolute Gasteiger partial charge is 0.489 e. The molecule has 2 aromatic rings. The minimum absolute atomic E-state index is 0.0683. The lowest BCUT2D eigenvalue weighted by Gasteiger charge is -2.29. The second-order valence-corrected chi connectivity index (χ2v) is 8.89. The molecule has 4 rings (SSSR count). The molecular formula is C22H23ClN2O5. The van der Waals surface area contributed by atoms with Gasteiger partial charge in [-0.05, 0) is 35.6 Å². The maximum atomic E-state index is 12.7. The van der Waals surface area contributed by atoms with Crippen LogP contribution in [0.4, 0.5) is 0 Å². The number of H-pyrrole nitrogens is 1. The molecule has 1 aliphatic heterocycles. The van der Waals surface area contributed by atoms with Gasteiger partial charge in [-0.25, -0.2) is 0 Å². The third-order valence-corrected chi connectivity index (χ3v) is 5.56. The van der Waals surface area contributed by atoms with Gasteiger partial charge in [-0.2, -0.15) is 0 Å². The summed E-state index contributed by atoms with van der Waals surface area (Å²) in [6, 6.07) is 4.86. The number of carbonyl (C=O) groups excluding carboxylic acids is 2. The molecule has 0 saturated carbocycles. The average Bonchev–Trinajstić information content (AvgIpc) is 2.90. The van der Waals surface area contributed by atoms with E-state index in [1.807, 2.05) is 13.8 Å². The third-order valence-electron chi connectivity index (χ3n) is 5.28. The first-order valence-corrected chi connectivity index (χ1v) is 10.3. The molecule has 8 heteroatoms. The number of aromatic amines is 1. The van der Waals surface area contributed by atoms with Crippen molar-refractivity contribution in [3.05, 3.63) is 56.0 Å². The summed E-state index contributed by atoms with van der Waals surface area (Å²) in [6.45, 7) is 5.15. The normalized spacial score (nSPS) is 17.1. The van der Waals surface area contributed by atoms with Crippen molar-refractivity contribution < 1.29 is 19.1 Å².